The average Bonchev–Trinajstić information content (AvgIpc) is 2.91. The number of furan rings is 1. The predicted octanol–water partition coefficient (Wildman–Crippen LogP) is 2.61. The highest BCUT2D eigenvalue weighted by molar-refractivity contribution is 5.87. The third-order valence-corrected chi connectivity index (χ3v) is 4.43. The summed E-state index contributed by atoms with van der Waals surface area (Å²) in [5, 5.41) is 0. The highest BCUT2D eigenvalue weighted by Gasteiger charge is 2.73. The van der Waals surface area contributed by atoms with E-state index in [-0.39, 0.29) is 18.2 Å². The molecule has 0 N–H and O–H groups in total. The lowest BCUT2D eigenvalue weighted by atomic mass is 9.91. The van der Waals surface area contributed by atoms with Crippen LogP contribution in [0.5, 0.6) is 0 Å². The molecule has 3 heterocycles. The Morgan fingerprint density at radius 1 is 1.37 bits per heavy atom. The first-order valence-electron chi connectivity index (χ1n) is 6.73. The Morgan fingerprint density at radius 3 is 3.00 bits per heavy atom. The zero-order valence-electron chi connectivity index (χ0n) is 11.1. The quantitative estimate of drug-likeness (QED) is 0.409. The molecule has 19 heavy (non-hydrogen) atoms. The molecule has 0 amide bonds. The van der Waals surface area contributed by atoms with E-state index in [1.807, 2.05) is 6.92 Å². The van der Waals surface area contributed by atoms with Crippen LogP contribution < -0.4 is 0 Å². The van der Waals surface area contributed by atoms with Crippen LogP contribution in [0.3, 0.4) is 0 Å². The van der Waals surface area contributed by atoms with Gasteiger partial charge in [-0.25, -0.2) is 4.79 Å². The minimum Gasteiger partial charge on any atom is -0.468 e. The van der Waals surface area contributed by atoms with Gasteiger partial charge in [0.25, 0.3) is 0 Å². The van der Waals surface area contributed by atoms with Gasteiger partial charge in [-0.15, -0.1) is 0 Å². The van der Waals surface area contributed by atoms with Gasteiger partial charge in [-0.05, 0) is 32.3 Å². The molecule has 100 valence electrons. The Balaban J connectivity index is 1.85. The van der Waals surface area contributed by atoms with E-state index < -0.39 is 5.60 Å². The second kappa shape index (κ2) is 3.51. The Hall–Kier alpha value is -1.55. The molecule has 0 radical (unpaired) electrons. The van der Waals surface area contributed by atoms with Crippen LogP contribution in [0.1, 0.15) is 42.8 Å². The number of hydrogen-bond acceptors (Lipinski definition) is 4. The lowest BCUT2D eigenvalue weighted by Gasteiger charge is -2.13. The molecule has 2 saturated heterocycles. The summed E-state index contributed by atoms with van der Waals surface area (Å²) in [5.41, 5.74) is 2.62. The summed E-state index contributed by atoms with van der Waals surface area (Å²) >= 11 is 0. The van der Waals surface area contributed by atoms with Crippen molar-refractivity contribution in [1.82, 2.24) is 0 Å². The summed E-state index contributed by atoms with van der Waals surface area (Å²) in [6.07, 6.45) is 5.84. The van der Waals surface area contributed by atoms with Gasteiger partial charge in [0.15, 0.2) is 11.7 Å². The van der Waals surface area contributed by atoms with Crippen molar-refractivity contribution < 1.29 is 18.7 Å². The van der Waals surface area contributed by atoms with E-state index in [9.17, 15) is 4.79 Å². The molecule has 2 bridgehead atoms. The Labute approximate surface area is 111 Å². The summed E-state index contributed by atoms with van der Waals surface area (Å²) < 4.78 is 16.9. The van der Waals surface area contributed by atoms with E-state index in [0.717, 1.165) is 36.1 Å². The first kappa shape index (κ1) is 11.3. The molecule has 0 saturated carbocycles. The normalized spacial score (nSPS) is 38.8. The number of hydrogen-bond donors (Lipinski definition) is 0. The van der Waals surface area contributed by atoms with Crippen molar-refractivity contribution in [2.24, 2.45) is 0 Å². The van der Waals surface area contributed by atoms with Crippen molar-refractivity contribution in [2.75, 3.05) is 0 Å². The summed E-state index contributed by atoms with van der Waals surface area (Å²) in [6, 6.07) is 0. The fourth-order valence-corrected chi connectivity index (χ4v) is 3.34. The molecular formula is C15H16O4. The molecule has 3 atom stereocenters. The number of fused-ring (bicyclic) bond motifs is 2. The molecule has 2 fully saturated rings. The second-order valence-corrected chi connectivity index (χ2v) is 5.78. The maximum Gasteiger partial charge on any atom is 0.342 e. The number of aryl methyl sites for hydroxylation is 1. The molecule has 0 aromatic carbocycles. The van der Waals surface area contributed by atoms with Crippen molar-refractivity contribution in [1.29, 1.82) is 0 Å². The molecule has 0 spiro atoms. The van der Waals surface area contributed by atoms with Crippen LogP contribution in [-0.4, -0.2) is 17.7 Å². The average molecular weight is 260 g/mol. The monoisotopic (exact) mass is 260 g/mol. The molecule has 3 aliphatic rings. The van der Waals surface area contributed by atoms with Gasteiger partial charge in [-0.2, -0.15) is 0 Å². The van der Waals surface area contributed by atoms with E-state index in [0.29, 0.717) is 0 Å². The summed E-state index contributed by atoms with van der Waals surface area (Å²) in [7, 11) is 0. The third kappa shape index (κ3) is 1.40. The maximum atomic E-state index is 12.1. The lowest BCUT2D eigenvalue weighted by Crippen LogP contribution is -2.22. The van der Waals surface area contributed by atoms with Crippen LogP contribution in [0.15, 0.2) is 22.3 Å². The van der Waals surface area contributed by atoms with Gasteiger partial charge in [0.05, 0.1) is 6.26 Å². The minimum absolute atomic E-state index is 0.123. The highest BCUT2D eigenvalue weighted by Crippen LogP contribution is 2.57. The maximum absolute atomic E-state index is 12.1. The largest absolute Gasteiger partial charge is 0.468 e. The minimum atomic E-state index is -0.681. The molecule has 0 unspecified atom stereocenters. The van der Waals surface area contributed by atoms with Gasteiger partial charge in [0.2, 0.25) is 0 Å². The van der Waals surface area contributed by atoms with Crippen molar-refractivity contribution in [3.05, 3.63) is 34.8 Å². The molecule has 1 aromatic heterocycles. The smallest absolute Gasteiger partial charge is 0.342 e. The Bertz CT molecular complexity index is 597. The van der Waals surface area contributed by atoms with Crippen LogP contribution >= 0.6 is 0 Å². The van der Waals surface area contributed by atoms with Gasteiger partial charge in [-0.1, -0.05) is 11.6 Å². The standard InChI is InChI=1S/C15H16O4/c1-8-4-3-5-15-13(19-15)12(18-14(15)16)11-9(2)7-17-10(11)6-8/h4,7,12-13H,3,5-6H2,1-2H3/b8-4-/t12-,13+,15+/m1/s1. The number of ether oxygens (including phenoxy) is 2. The number of esters is 1. The first-order valence-corrected chi connectivity index (χ1v) is 6.73. The van der Waals surface area contributed by atoms with Crippen LogP contribution in [0.25, 0.3) is 0 Å². The zero-order chi connectivity index (χ0) is 13.2. The molecule has 4 rings (SSSR count). The number of allylic oxidation sites excluding steroid dienone is 2. The number of carbonyl (C=O) groups is 1. The van der Waals surface area contributed by atoms with Crippen molar-refractivity contribution >= 4 is 5.97 Å². The van der Waals surface area contributed by atoms with Gasteiger partial charge < -0.3 is 13.9 Å². The van der Waals surface area contributed by atoms with Gasteiger partial charge in [0, 0.05) is 12.0 Å². The summed E-state index contributed by atoms with van der Waals surface area (Å²) in [4.78, 5) is 12.1. The van der Waals surface area contributed by atoms with E-state index in [1.165, 1.54) is 5.57 Å². The topological polar surface area (TPSA) is 52.0 Å². The fraction of sp³-hybridized carbons (Fsp3) is 0.533. The SMILES string of the molecule is C/C1=C/CC[C@]23O[C@H]2[C@H](OC3=O)c2c(C)coc2C1. The van der Waals surface area contributed by atoms with Crippen LogP contribution in [0.2, 0.25) is 0 Å². The van der Waals surface area contributed by atoms with Crippen LogP contribution in [-0.2, 0) is 20.7 Å². The molecule has 1 aliphatic carbocycles. The number of rotatable bonds is 0. The molecule has 4 heteroatoms. The van der Waals surface area contributed by atoms with E-state index >= 15 is 0 Å². The Morgan fingerprint density at radius 2 is 2.21 bits per heavy atom. The molecule has 1 aromatic rings. The highest BCUT2D eigenvalue weighted by atomic mass is 16.7. The number of carbonyl (C=O) groups excluding carboxylic acids is 1. The van der Waals surface area contributed by atoms with Gasteiger partial charge >= 0.3 is 5.97 Å². The van der Waals surface area contributed by atoms with Crippen molar-refractivity contribution in [2.45, 2.75) is 50.9 Å². The van der Waals surface area contributed by atoms with Crippen molar-refractivity contribution in [3.8, 4) is 0 Å². The molecular weight excluding hydrogens is 244 g/mol. The predicted molar refractivity (Wildman–Crippen MR) is 66.6 cm³/mol. The summed E-state index contributed by atoms with van der Waals surface area (Å²) in [6.45, 7) is 4.08. The van der Waals surface area contributed by atoms with Crippen LogP contribution in [0.4, 0.5) is 0 Å². The van der Waals surface area contributed by atoms with Crippen molar-refractivity contribution in [3.63, 3.8) is 0 Å². The zero-order valence-corrected chi connectivity index (χ0v) is 11.1. The van der Waals surface area contributed by atoms with E-state index in [4.69, 9.17) is 13.9 Å². The van der Waals surface area contributed by atoms with Crippen LogP contribution in [0, 0.1) is 6.92 Å². The second-order valence-electron chi connectivity index (χ2n) is 5.78. The van der Waals surface area contributed by atoms with E-state index in [2.05, 4.69) is 13.0 Å². The third-order valence-electron chi connectivity index (χ3n) is 4.43. The van der Waals surface area contributed by atoms with Gasteiger partial charge in [0.1, 0.15) is 11.9 Å². The lowest BCUT2D eigenvalue weighted by molar-refractivity contribution is -0.154. The van der Waals surface area contributed by atoms with E-state index in [1.54, 1.807) is 6.26 Å². The fourth-order valence-electron chi connectivity index (χ4n) is 3.34. The molecule has 2 aliphatic heterocycles. The molecule has 4 nitrogen and oxygen atoms in total. The van der Waals surface area contributed by atoms with Gasteiger partial charge in [-0.3, -0.25) is 0 Å². The summed E-state index contributed by atoms with van der Waals surface area (Å²) in [5.74, 6) is 0.694. The first-order chi connectivity index (χ1) is 9.12. The Kier molecular flexibility index (Phi) is 2.09. The number of epoxide rings is 1.